The lowest BCUT2D eigenvalue weighted by molar-refractivity contribution is 0.192. The van der Waals surface area contributed by atoms with Crippen molar-refractivity contribution in [3.8, 4) is 5.75 Å². The Hall–Kier alpha value is -1.32. The van der Waals surface area contributed by atoms with Gasteiger partial charge in [-0.05, 0) is 37.1 Å². The van der Waals surface area contributed by atoms with Crippen molar-refractivity contribution in [3.63, 3.8) is 0 Å². The summed E-state index contributed by atoms with van der Waals surface area (Å²) in [6.07, 6.45) is 4.00. The smallest absolute Gasteiger partial charge is 0.119 e. The molecule has 0 spiro atoms. The van der Waals surface area contributed by atoms with Gasteiger partial charge in [0.25, 0.3) is 0 Å². The fourth-order valence-corrected chi connectivity index (χ4v) is 1.59. The number of ether oxygens (including phenoxy) is 2. The van der Waals surface area contributed by atoms with Gasteiger partial charge < -0.3 is 14.8 Å². The quantitative estimate of drug-likeness (QED) is 0.511. The predicted octanol–water partition coefficient (Wildman–Crippen LogP) is 2.77. The highest BCUT2D eigenvalue weighted by Gasteiger charge is 1.95. The Bertz CT molecular complexity index is 322. The maximum Gasteiger partial charge on any atom is 0.119 e. The Balaban J connectivity index is 2.16. The van der Waals surface area contributed by atoms with E-state index in [1.165, 1.54) is 5.56 Å². The highest BCUT2D eigenvalue weighted by Crippen LogP contribution is 2.11. The summed E-state index contributed by atoms with van der Waals surface area (Å²) in [4.78, 5) is 0. The Morgan fingerprint density at radius 1 is 1.22 bits per heavy atom. The monoisotopic (exact) mass is 249 g/mol. The number of methoxy groups -OCH3 is 1. The minimum absolute atomic E-state index is 0.553. The van der Waals surface area contributed by atoms with E-state index in [9.17, 15) is 0 Å². The Kier molecular flexibility index (Phi) is 7.93. The first-order chi connectivity index (χ1) is 8.86. The first-order valence-corrected chi connectivity index (χ1v) is 6.39. The van der Waals surface area contributed by atoms with Crippen LogP contribution in [-0.4, -0.2) is 26.9 Å². The molecule has 0 aliphatic heterocycles. The van der Waals surface area contributed by atoms with Crippen molar-refractivity contribution < 1.29 is 9.47 Å². The predicted molar refractivity (Wildman–Crippen MR) is 75.0 cm³/mol. The molecule has 0 radical (unpaired) electrons. The molecule has 0 saturated carbocycles. The lowest BCUT2D eigenvalue weighted by Gasteiger charge is -2.06. The zero-order chi connectivity index (χ0) is 13.1. The normalized spacial score (nSPS) is 10.3. The molecule has 0 aliphatic carbocycles. The molecule has 0 unspecified atom stereocenters. The van der Waals surface area contributed by atoms with E-state index in [1.54, 1.807) is 13.2 Å². The van der Waals surface area contributed by atoms with E-state index in [2.05, 4.69) is 24.0 Å². The first kappa shape index (κ1) is 14.7. The molecule has 0 bridgehead atoms. The molecule has 1 aromatic rings. The topological polar surface area (TPSA) is 30.5 Å². The number of rotatable bonds is 10. The van der Waals surface area contributed by atoms with Crippen molar-refractivity contribution in [2.75, 3.05) is 26.9 Å². The van der Waals surface area contributed by atoms with Gasteiger partial charge in [-0.3, -0.25) is 0 Å². The average Bonchev–Trinajstić information content (AvgIpc) is 2.42. The second-order valence-corrected chi connectivity index (χ2v) is 4.12. The van der Waals surface area contributed by atoms with Crippen molar-refractivity contribution >= 4 is 0 Å². The third-order valence-corrected chi connectivity index (χ3v) is 2.57. The highest BCUT2D eigenvalue weighted by atomic mass is 16.5. The molecule has 0 aromatic heterocycles. The SMILES string of the molecule is C=CCOc1ccc(CNCCCCOC)cc1. The molecule has 0 saturated heterocycles. The van der Waals surface area contributed by atoms with Gasteiger partial charge in [-0.1, -0.05) is 24.8 Å². The molecule has 3 heteroatoms. The second kappa shape index (κ2) is 9.68. The second-order valence-electron chi connectivity index (χ2n) is 4.12. The molecule has 0 fully saturated rings. The fourth-order valence-electron chi connectivity index (χ4n) is 1.59. The first-order valence-electron chi connectivity index (χ1n) is 6.39. The van der Waals surface area contributed by atoms with E-state index in [-0.39, 0.29) is 0 Å². The fraction of sp³-hybridized carbons (Fsp3) is 0.467. The molecule has 3 nitrogen and oxygen atoms in total. The molecule has 1 aromatic carbocycles. The molecule has 0 amide bonds. The Morgan fingerprint density at radius 3 is 2.67 bits per heavy atom. The zero-order valence-corrected chi connectivity index (χ0v) is 11.2. The average molecular weight is 249 g/mol. The summed E-state index contributed by atoms with van der Waals surface area (Å²) < 4.78 is 10.4. The molecule has 100 valence electrons. The van der Waals surface area contributed by atoms with Crippen molar-refractivity contribution in [2.45, 2.75) is 19.4 Å². The molecule has 18 heavy (non-hydrogen) atoms. The molecule has 1 rings (SSSR count). The summed E-state index contributed by atoms with van der Waals surface area (Å²) in [6, 6.07) is 8.15. The van der Waals surface area contributed by atoms with Crippen molar-refractivity contribution in [3.05, 3.63) is 42.5 Å². The summed E-state index contributed by atoms with van der Waals surface area (Å²) >= 11 is 0. The molecule has 0 heterocycles. The summed E-state index contributed by atoms with van der Waals surface area (Å²) in [5.41, 5.74) is 1.27. The minimum atomic E-state index is 0.553. The van der Waals surface area contributed by atoms with Crippen LogP contribution in [0.2, 0.25) is 0 Å². The number of unbranched alkanes of at least 4 members (excludes halogenated alkanes) is 1. The standard InChI is InChI=1S/C15H23NO2/c1-3-11-18-15-8-6-14(7-9-15)13-16-10-4-5-12-17-2/h3,6-9,16H,1,4-5,10-13H2,2H3. The van der Waals surface area contributed by atoms with Gasteiger partial charge in [0.2, 0.25) is 0 Å². The summed E-state index contributed by atoms with van der Waals surface area (Å²) in [7, 11) is 1.74. The third-order valence-electron chi connectivity index (χ3n) is 2.57. The van der Waals surface area contributed by atoms with Crippen LogP contribution >= 0.6 is 0 Å². The number of hydrogen-bond acceptors (Lipinski definition) is 3. The third kappa shape index (κ3) is 6.42. The van der Waals surface area contributed by atoms with E-state index < -0.39 is 0 Å². The number of hydrogen-bond donors (Lipinski definition) is 1. The van der Waals surface area contributed by atoms with Crippen LogP contribution in [0.4, 0.5) is 0 Å². The van der Waals surface area contributed by atoms with E-state index in [0.717, 1.165) is 38.3 Å². The van der Waals surface area contributed by atoms with Gasteiger partial charge in [0.1, 0.15) is 12.4 Å². The van der Waals surface area contributed by atoms with Crippen molar-refractivity contribution in [2.24, 2.45) is 0 Å². The summed E-state index contributed by atoms with van der Waals surface area (Å²) in [5.74, 6) is 0.888. The zero-order valence-electron chi connectivity index (χ0n) is 11.2. The van der Waals surface area contributed by atoms with E-state index in [4.69, 9.17) is 9.47 Å². The number of nitrogens with one attached hydrogen (secondary N) is 1. The van der Waals surface area contributed by atoms with Crippen LogP contribution in [0.5, 0.6) is 5.75 Å². The maximum atomic E-state index is 5.43. The minimum Gasteiger partial charge on any atom is -0.490 e. The van der Waals surface area contributed by atoms with Gasteiger partial charge in [-0.15, -0.1) is 0 Å². The van der Waals surface area contributed by atoms with E-state index in [1.807, 2.05) is 12.1 Å². The van der Waals surface area contributed by atoms with Crippen LogP contribution in [0, 0.1) is 0 Å². The van der Waals surface area contributed by atoms with Crippen LogP contribution < -0.4 is 10.1 Å². The maximum absolute atomic E-state index is 5.43. The number of benzene rings is 1. The van der Waals surface area contributed by atoms with Crippen LogP contribution in [0.25, 0.3) is 0 Å². The van der Waals surface area contributed by atoms with Gasteiger partial charge in [-0.25, -0.2) is 0 Å². The molecule has 1 N–H and O–H groups in total. The molecule has 0 atom stereocenters. The van der Waals surface area contributed by atoms with E-state index >= 15 is 0 Å². The lowest BCUT2D eigenvalue weighted by Crippen LogP contribution is -2.15. The van der Waals surface area contributed by atoms with Crippen LogP contribution in [0.3, 0.4) is 0 Å². The Labute approximate surface area is 110 Å². The van der Waals surface area contributed by atoms with Crippen molar-refractivity contribution in [1.82, 2.24) is 5.32 Å². The van der Waals surface area contributed by atoms with Crippen LogP contribution in [0.15, 0.2) is 36.9 Å². The van der Waals surface area contributed by atoms with Gasteiger partial charge in [-0.2, -0.15) is 0 Å². The highest BCUT2D eigenvalue weighted by molar-refractivity contribution is 5.27. The largest absolute Gasteiger partial charge is 0.490 e. The van der Waals surface area contributed by atoms with Gasteiger partial charge in [0.15, 0.2) is 0 Å². The summed E-state index contributed by atoms with van der Waals surface area (Å²) in [5, 5.41) is 3.41. The molecular weight excluding hydrogens is 226 g/mol. The van der Waals surface area contributed by atoms with Crippen LogP contribution in [-0.2, 0) is 11.3 Å². The van der Waals surface area contributed by atoms with Crippen LogP contribution in [0.1, 0.15) is 18.4 Å². The van der Waals surface area contributed by atoms with Gasteiger partial charge in [0, 0.05) is 20.3 Å². The molecular formula is C15H23NO2. The summed E-state index contributed by atoms with van der Waals surface area (Å²) in [6.45, 7) is 6.94. The Morgan fingerprint density at radius 2 is 2.00 bits per heavy atom. The van der Waals surface area contributed by atoms with Crippen molar-refractivity contribution in [1.29, 1.82) is 0 Å². The van der Waals surface area contributed by atoms with Gasteiger partial charge in [0.05, 0.1) is 0 Å². The van der Waals surface area contributed by atoms with Gasteiger partial charge >= 0.3 is 0 Å². The van der Waals surface area contributed by atoms with E-state index in [0.29, 0.717) is 6.61 Å². The lowest BCUT2D eigenvalue weighted by atomic mass is 10.2. The molecule has 0 aliphatic rings.